The first-order valence-corrected chi connectivity index (χ1v) is 7.19. The second-order valence-electron chi connectivity index (χ2n) is 4.70. The minimum Gasteiger partial charge on any atom is -0.487 e. The summed E-state index contributed by atoms with van der Waals surface area (Å²) in [5.74, 6) is 0.982. The van der Waals surface area contributed by atoms with Crippen LogP contribution in [0.2, 0.25) is 0 Å². The van der Waals surface area contributed by atoms with Gasteiger partial charge in [0.2, 0.25) is 0 Å². The molecule has 1 saturated carbocycles. The lowest BCUT2D eigenvalue weighted by molar-refractivity contribution is -0.0141. The van der Waals surface area contributed by atoms with E-state index in [2.05, 4.69) is 28.2 Å². The van der Waals surface area contributed by atoms with E-state index in [-0.39, 0.29) is 5.60 Å². The van der Waals surface area contributed by atoms with Crippen molar-refractivity contribution in [1.29, 1.82) is 0 Å². The van der Waals surface area contributed by atoms with Gasteiger partial charge in [-0.05, 0) is 57.0 Å². The monoisotopic (exact) mass is 297 g/mol. The Bertz CT molecular complexity index is 363. The van der Waals surface area contributed by atoms with Crippen LogP contribution in [0.15, 0.2) is 28.7 Å². The molecular formula is C14H20BrNO. The number of ether oxygens (including phenoxy) is 1. The van der Waals surface area contributed by atoms with Gasteiger partial charge in [0.15, 0.2) is 0 Å². The molecule has 1 aromatic carbocycles. The Morgan fingerprint density at radius 2 is 2.24 bits per heavy atom. The van der Waals surface area contributed by atoms with Crippen LogP contribution >= 0.6 is 15.9 Å². The Hall–Kier alpha value is -0.540. The molecular weight excluding hydrogens is 278 g/mol. The smallest absolute Gasteiger partial charge is 0.121 e. The highest BCUT2D eigenvalue weighted by molar-refractivity contribution is 9.10. The third-order valence-corrected chi connectivity index (χ3v) is 3.90. The van der Waals surface area contributed by atoms with Crippen LogP contribution in [0.1, 0.15) is 32.6 Å². The molecule has 1 fully saturated rings. The van der Waals surface area contributed by atoms with Crippen LogP contribution in [0.5, 0.6) is 5.75 Å². The summed E-state index contributed by atoms with van der Waals surface area (Å²) in [5.41, 5.74) is 0.0863. The predicted octanol–water partition coefficient (Wildman–Crippen LogP) is 3.75. The topological polar surface area (TPSA) is 21.3 Å². The summed E-state index contributed by atoms with van der Waals surface area (Å²) in [7, 11) is 0. The summed E-state index contributed by atoms with van der Waals surface area (Å²) < 4.78 is 7.28. The second kappa shape index (κ2) is 5.87. The maximum atomic E-state index is 6.20. The van der Waals surface area contributed by atoms with E-state index in [4.69, 9.17) is 4.74 Å². The van der Waals surface area contributed by atoms with E-state index >= 15 is 0 Å². The average molecular weight is 298 g/mol. The largest absolute Gasteiger partial charge is 0.487 e. The van der Waals surface area contributed by atoms with Crippen LogP contribution in [-0.4, -0.2) is 18.7 Å². The molecule has 0 radical (unpaired) electrons. The van der Waals surface area contributed by atoms with Gasteiger partial charge in [-0.3, -0.25) is 0 Å². The number of halogens is 1. The van der Waals surface area contributed by atoms with Crippen molar-refractivity contribution in [2.75, 3.05) is 13.1 Å². The molecule has 0 unspecified atom stereocenters. The lowest BCUT2D eigenvalue weighted by Gasteiger charge is -2.42. The first-order valence-electron chi connectivity index (χ1n) is 6.39. The SMILES string of the molecule is CCNCCC1(Oc2cccc(Br)c2)CCC1. The number of benzene rings is 1. The number of rotatable bonds is 6. The van der Waals surface area contributed by atoms with Gasteiger partial charge < -0.3 is 10.1 Å². The highest BCUT2D eigenvalue weighted by Crippen LogP contribution is 2.39. The van der Waals surface area contributed by atoms with Gasteiger partial charge in [-0.15, -0.1) is 0 Å². The van der Waals surface area contributed by atoms with Crippen LogP contribution in [0.3, 0.4) is 0 Å². The first-order chi connectivity index (χ1) is 8.24. The zero-order chi connectivity index (χ0) is 12.1. The Morgan fingerprint density at radius 3 is 2.82 bits per heavy atom. The molecule has 2 nitrogen and oxygen atoms in total. The second-order valence-corrected chi connectivity index (χ2v) is 5.62. The van der Waals surface area contributed by atoms with Gasteiger partial charge >= 0.3 is 0 Å². The fraction of sp³-hybridized carbons (Fsp3) is 0.571. The fourth-order valence-corrected chi connectivity index (χ4v) is 2.63. The maximum Gasteiger partial charge on any atom is 0.121 e. The lowest BCUT2D eigenvalue weighted by atomic mass is 9.77. The van der Waals surface area contributed by atoms with Crippen LogP contribution in [0.4, 0.5) is 0 Å². The molecule has 2 rings (SSSR count). The van der Waals surface area contributed by atoms with Crippen molar-refractivity contribution in [1.82, 2.24) is 5.32 Å². The van der Waals surface area contributed by atoms with E-state index in [0.717, 1.165) is 29.7 Å². The van der Waals surface area contributed by atoms with E-state index in [0.29, 0.717) is 0 Å². The summed E-state index contributed by atoms with van der Waals surface area (Å²) in [6, 6.07) is 8.14. The minimum atomic E-state index is 0.0863. The fourth-order valence-electron chi connectivity index (χ4n) is 2.25. The molecule has 94 valence electrons. The van der Waals surface area contributed by atoms with Gasteiger partial charge in [-0.2, -0.15) is 0 Å². The zero-order valence-corrected chi connectivity index (χ0v) is 11.9. The molecule has 0 aromatic heterocycles. The molecule has 1 aliphatic rings. The van der Waals surface area contributed by atoms with Crippen molar-refractivity contribution in [3.8, 4) is 5.75 Å². The molecule has 0 spiro atoms. The Morgan fingerprint density at radius 1 is 1.41 bits per heavy atom. The summed E-state index contributed by atoms with van der Waals surface area (Å²) >= 11 is 3.48. The average Bonchev–Trinajstić information content (AvgIpc) is 2.26. The Kier molecular flexibility index (Phi) is 4.46. The van der Waals surface area contributed by atoms with Gasteiger partial charge in [-0.1, -0.05) is 28.9 Å². The molecule has 0 saturated heterocycles. The van der Waals surface area contributed by atoms with Crippen molar-refractivity contribution in [3.05, 3.63) is 28.7 Å². The molecule has 1 aliphatic carbocycles. The van der Waals surface area contributed by atoms with Crippen LogP contribution in [-0.2, 0) is 0 Å². The van der Waals surface area contributed by atoms with E-state index in [1.54, 1.807) is 0 Å². The summed E-state index contributed by atoms with van der Waals surface area (Å²) in [6.45, 7) is 4.22. The van der Waals surface area contributed by atoms with E-state index in [9.17, 15) is 0 Å². The summed E-state index contributed by atoms with van der Waals surface area (Å²) in [6.07, 6.45) is 4.77. The van der Waals surface area contributed by atoms with Crippen LogP contribution in [0.25, 0.3) is 0 Å². The molecule has 0 bridgehead atoms. The molecule has 0 atom stereocenters. The van der Waals surface area contributed by atoms with Crippen molar-refractivity contribution in [3.63, 3.8) is 0 Å². The lowest BCUT2D eigenvalue weighted by Crippen LogP contribution is -2.45. The first kappa shape index (κ1) is 12.9. The predicted molar refractivity (Wildman–Crippen MR) is 74.5 cm³/mol. The van der Waals surface area contributed by atoms with Gasteiger partial charge in [0, 0.05) is 4.47 Å². The van der Waals surface area contributed by atoms with Gasteiger partial charge in [0.05, 0.1) is 0 Å². The minimum absolute atomic E-state index is 0.0863. The normalized spacial score (nSPS) is 17.5. The molecule has 1 aromatic rings. The van der Waals surface area contributed by atoms with Gasteiger partial charge in [-0.25, -0.2) is 0 Å². The highest BCUT2D eigenvalue weighted by atomic mass is 79.9. The highest BCUT2D eigenvalue weighted by Gasteiger charge is 2.38. The number of hydrogen-bond acceptors (Lipinski definition) is 2. The molecule has 0 heterocycles. The van der Waals surface area contributed by atoms with E-state index in [1.165, 1.54) is 19.3 Å². The number of nitrogens with one attached hydrogen (secondary N) is 1. The van der Waals surface area contributed by atoms with Gasteiger partial charge in [0.25, 0.3) is 0 Å². The number of hydrogen-bond donors (Lipinski definition) is 1. The maximum absolute atomic E-state index is 6.20. The van der Waals surface area contributed by atoms with Crippen molar-refractivity contribution < 1.29 is 4.74 Å². The van der Waals surface area contributed by atoms with Crippen molar-refractivity contribution >= 4 is 15.9 Å². The molecule has 0 amide bonds. The summed E-state index contributed by atoms with van der Waals surface area (Å²) in [4.78, 5) is 0. The van der Waals surface area contributed by atoms with Crippen LogP contribution < -0.4 is 10.1 Å². The summed E-state index contributed by atoms with van der Waals surface area (Å²) in [5, 5.41) is 3.38. The van der Waals surface area contributed by atoms with E-state index < -0.39 is 0 Å². The zero-order valence-electron chi connectivity index (χ0n) is 10.3. The Labute approximate surface area is 112 Å². The quantitative estimate of drug-likeness (QED) is 0.808. The Balaban J connectivity index is 1.94. The molecule has 3 heteroatoms. The van der Waals surface area contributed by atoms with Crippen molar-refractivity contribution in [2.45, 2.75) is 38.2 Å². The van der Waals surface area contributed by atoms with Crippen molar-refractivity contribution in [2.24, 2.45) is 0 Å². The molecule has 17 heavy (non-hydrogen) atoms. The third-order valence-electron chi connectivity index (χ3n) is 3.40. The molecule has 1 N–H and O–H groups in total. The van der Waals surface area contributed by atoms with Crippen LogP contribution in [0, 0.1) is 0 Å². The standard InChI is InChI=1S/C14H20BrNO/c1-2-16-10-9-14(7-4-8-14)17-13-6-3-5-12(15)11-13/h3,5-6,11,16H,2,4,7-10H2,1H3. The molecule has 0 aliphatic heterocycles. The van der Waals surface area contributed by atoms with Gasteiger partial charge in [0.1, 0.15) is 11.4 Å². The van der Waals surface area contributed by atoms with E-state index in [1.807, 2.05) is 24.3 Å². The third kappa shape index (κ3) is 3.46.